The first-order chi connectivity index (χ1) is 15.1. The van der Waals surface area contributed by atoms with Crippen LogP contribution in [0.4, 0.5) is 10.4 Å². The van der Waals surface area contributed by atoms with Crippen LogP contribution in [0.3, 0.4) is 0 Å². The average Bonchev–Trinajstić information content (AvgIpc) is 3.37. The van der Waals surface area contributed by atoms with Crippen LogP contribution in [0.25, 0.3) is 10.8 Å². The molecule has 1 unspecified atom stereocenters. The van der Waals surface area contributed by atoms with Gasteiger partial charge in [0.05, 0.1) is 4.90 Å². The lowest BCUT2D eigenvalue weighted by Gasteiger charge is -2.18. The predicted octanol–water partition coefficient (Wildman–Crippen LogP) is 3.41. The highest BCUT2D eigenvalue weighted by Crippen LogP contribution is 2.42. The molecule has 1 atom stereocenters. The Labute approximate surface area is 186 Å². The van der Waals surface area contributed by atoms with Gasteiger partial charge in [0.25, 0.3) is 0 Å². The molecule has 2 heterocycles. The van der Waals surface area contributed by atoms with Crippen molar-refractivity contribution in [1.29, 1.82) is 0 Å². The molecule has 2 N–H and O–H groups in total. The summed E-state index contributed by atoms with van der Waals surface area (Å²) in [6, 6.07) is 4.12. The maximum Gasteiger partial charge on any atom is 0.315 e. The molecule has 1 aromatic carbocycles. The number of hydrogen-bond donors (Lipinski definition) is 2. The van der Waals surface area contributed by atoms with Crippen LogP contribution in [0.1, 0.15) is 55.3 Å². The van der Waals surface area contributed by atoms with E-state index >= 15 is 0 Å². The van der Waals surface area contributed by atoms with Crippen molar-refractivity contribution < 1.29 is 17.2 Å². The molecule has 0 radical (unpaired) electrons. The predicted molar refractivity (Wildman–Crippen MR) is 118 cm³/mol. The lowest BCUT2D eigenvalue weighted by molar-refractivity contribution is 0.221. The van der Waals surface area contributed by atoms with E-state index in [2.05, 4.69) is 25.2 Å². The minimum Gasteiger partial charge on any atom is -0.408 e. The third-order valence-corrected chi connectivity index (χ3v) is 7.44. The van der Waals surface area contributed by atoms with E-state index in [0.29, 0.717) is 36.1 Å². The summed E-state index contributed by atoms with van der Waals surface area (Å²) < 4.78 is 49.0. The zero-order valence-electron chi connectivity index (χ0n) is 18.3. The van der Waals surface area contributed by atoms with Crippen molar-refractivity contribution >= 4 is 26.8 Å². The minimum absolute atomic E-state index is 0.0934. The standard InChI is InChI=1S/C22H26FN5O3S/c1-12-27-28-21(31-12)26-16-7-14-6-15-10-24-19(13-4-5-13)9-18(15)20(17(14)8-16)32(29,30)25-11-22(2,3)23/h6,9-10,13,16,25H,4-5,7-8,11H2,1-3H3,(H,26,28). The molecule has 170 valence electrons. The average molecular weight is 460 g/mol. The van der Waals surface area contributed by atoms with E-state index in [9.17, 15) is 12.8 Å². The second kappa shape index (κ2) is 7.48. The van der Waals surface area contributed by atoms with E-state index in [1.54, 1.807) is 13.1 Å². The first-order valence-corrected chi connectivity index (χ1v) is 12.3. The van der Waals surface area contributed by atoms with Gasteiger partial charge in [-0.25, -0.2) is 17.5 Å². The molecule has 1 fully saturated rings. The number of benzene rings is 1. The van der Waals surface area contributed by atoms with Gasteiger partial charge in [-0.1, -0.05) is 5.10 Å². The minimum atomic E-state index is -3.96. The molecule has 1 saturated carbocycles. The van der Waals surface area contributed by atoms with Crippen LogP contribution in [0.2, 0.25) is 0 Å². The molecule has 0 amide bonds. The second-order valence-corrected chi connectivity index (χ2v) is 11.1. The van der Waals surface area contributed by atoms with Gasteiger partial charge in [-0.2, -0.15) is 0 Å². The fraction of sp³-hybridized carbons (Fsp3) is 0.500. The van der Waals surface area contributed by atoms with Crippen LogP contribution in [0.5, 0.6) is 0 Å². The van der Waals surface area contributed by atoms with Gasteiger partial charge in [0.15, 0.2) is 0 Å². The summed E-state index contributed by atoms with van der Waals surface area (Å²) >= 11 is 0. The molecule has 2 aromatic heterocycles. The Bertz CT molecular complexity index is 1290. The number of sulfonamides is 1. The summed E-state index contributed by atoms with van der Waals surface area (Å²) in [7, 11) is -3.96. The molecule has 2 aliphatic rings. The van der Waals surface area contributed by atoms with E-state index < -0.39 is 15.7 Å². The molecule has 8 nitrogen and oxygen atoms in total. The first kappa shape index (κ1) is 21.3. The first-order valence-electron chi connectivity index (χ1n) is 10.8. The smallest absolute Gasteiger partial charge is 0.315 e. The number of alkyl halides is 1. The number of aromatic nitrogens is 3. The summed E-state index contributed by atoms with van der Waals surface area (Å²) in [6.45, 7) is 4.11. The van der Waals surface area contributed by atoms with Crippen LogP contribution in [0.15, 0.2) is 27.6 Å². The zero-order valence-corrected chi connectivity index (χ0v) is 19.1. The monoisotopic (exact) mass is 459 g/mol. The van der Waals surface area contributed by atoms with Gasteiger partial charge < -0.3 is 9.73 Å². The molecular formula is C22H26FN5O3S. The molecule has 0 aliphatic heterocycles. The Morgan fingerprint density at radius 2 is 2.00 bits per heavy atom. The van der Waals surface area contributed by atoms with E-state index in [-0.39, 0.29) is 17.5 Å². The number of halogens is 1. The van der Waals surface area contributed by atoms with Gasteiger partial charge in [0, 0.05) is 48.1 Å². The van der Waals surface area contributed by atoms with Crippen LogP contribution in [-0.4, -0.2) is 41.9 Å². The summed E-state index contributed by atoms with van der Waals surface area (Å²) in [6.07, 6.45) is 4.96. The topological polar surface area (TPSA) is 110 Å². The van der Waals surface area contributed by atoms with Crippen molar-refractivity contribution in [2.24, 2.45) is 0 Å². The molecule has 0 spiro atoms. The maximum atomic E-state index is 14.1. The third-order valence-electron chi connectivity index (χ3n) is 5.91. The third kappa shape index (κ3) is 4.21. The Hall–Kier alpha value is -2.59. The van der Waals surface area contributed by atoms with Crippen LogP contribution in [-0.2, 0) is 22.9 Å². The molecular weight excluding hydrogens is 433 g/mol. The highest BCUT2D eigenvalue weighted by molar-refractivity contribution is 7.89. The maximum absolute atomic E-state index is 14.1. The quantitative estimate of drug-likeness (QED) is 0.557. The molecule has 2 aliphatic carbocycles. The molecule has 0 bridgehead atoms. The van der Waals surface area contributed by atoms with Crippen molar-refractivity contribution in [1.82, 2.24) is 19.9 Å². The van der Waals surface area contributed by atoms with Gasteiger partial charge >= 0.3 is 6.01 Å². The number of nitrogens with zero attached hydrogens (tertiary/aromatic N) is 3. The lowest BCUT2D eigenvalue weighted by atomic mass is 10.0. The van der Waals surface area contributed by atoms with Crippen molar-refractivity contribution in [3.63, 3.8) is 0 Å². The Morgan fingerprint density at radius 3 is 2.66 bits per heavy atom. The number of rotatable bonds is 7. The zero-order chi connectivity index (χ0) is 22.7. The Kier molecular flexibility index (Phi) is 4.97. The number of aryl methyl sites for hydroxylation is 1. The summed E-state index contributed by atoms with van der Waals surface area (Å²) in [5, 5.41) is 12.4. The number of anilines is 1. The largest absolute Gasteiger partial charge is 0.408 e. The molecule has 10 heteroatoms. The van der Waals surface area contributed by atoms with Crippen LogP contribution in [0, 0.1) is 6.92 Å². The van der Waals surface area contributed by atoms with E-state index in [4.69, 9.17) is 4.42 Å². The van der Waals surface area contributed by atoms with Gasteiger partial charge in [0.2, 0.25) is 15.9 Å². The number of nitrogens with one attached hydrogen (secondary N) is 2. The lowest BCUT2D eigenvalue weighted by Crippen LogP contribution is -2.36. The van der Waals surface area contributed by atoms with Crippen molar-refractivity contribution in [3.05, 3.63) is 41.0 Å². The van der Waals surface area contributed by atoms with Gasteiger partial charge in [0.1, 0.15) is 5.67 Å². The fourth-order valence-electron chi connectivity index (χ4n) is 4.25. The number of fused-ring (bicyclic) bond motifs is 2. The summed E-state index contributed by atoms with van der Waals surface area (Å²) in [5.74, 6) is 0.838. The molecule has 32 heavy (non-hydrogen) atoms. The van der Waals surface area contributed by atoms with Gasteiger partial charge in [-0.05, 0) is 62.8 Å². The van der Waals surface area contributed by atoms with E-state index in [0.717, 1.165) is 35.0 Å². The van der Waals surface area contributed by atoms with Crippen molar-refractivity contribution in [2.75, 3.05) is 11.9 Å². The van der Waals surface area contributed by atoms with Gasteiger partial charge in [-0.3, -0.25) is 4.98 Å². The van der Waals surface area contributed by atoms with Crippen LogP contribution < -0.4 is 10.0 Å². The van der Waals surface area contributed by atoms with E-state index in [1.807, 2.05) is 12.1 Å². The summed E-state index contributed by atoms with van der Waals surface area (Å²) in [5.41, 5.74) is 0.908. The van der Waals surface area contributed by atoms with Crippen LogP contribution >= 0.6 is 0 Å². The normalized spacial score (nSPS) is 18.8. The molecule has 3 aromatic rings. The second-order valence-electron chi connectivity index (χ2n) is 9.37. The van der Waals surface area contributed by atoms with Gasteiger partial charge in [-0.15, -0.1) is 5.10 Å². The Balaban J connectivity index is 1.58. The molecule has 0 saturated heterocycles. The highest BCUT2D eigenvalue weighted by atomic mass is 32.2. The van der Waals surface area contributed by atoms with E-state index in [1.165, 1.54) is 13.8 Å². The molecule has 5 rings (SSSR count). The summed E-state index contributed by atoms with van der Waals surface area (Å²) in [4.78, 5) is 4.79. The Morgan fingerprint density at radius 1 is 1.22 bits per heavy atom. The highest BCUT2D eigenvalue weighted by Gasteiger charge is 2.34. The SMILES string of the molecule is Cc1nnc(NC2Cc3cc4cnc(C5CC5)cc4c(S(=O)(=O)NCC(C)(C)F)c3C2)o1. The number of hydrogen-bond acceptors (Lipinski definition) is 7. The van der Waals surface area contributed by atoms with Crippen molar-refractivity contribution in [2.45, 2.75) is 69.0 Å². The van der Waals surface area contributed by atoms with Crippen molar-refractivity contribution in [3.8, 4) is 0 Å². The number of pyridine rings is 1. The fourth-order valence-corrected chi connectivity index (χ4v) is 5.93.